The Morgan fingerprint density at radius 1 is 1.47 bits per heavy atom. The minimum Gasteiger partial charge on any atom is -0.399 e. The predicted octanol–water partition coefficient (Wildman–Crippen LogP) is 1.04. The van der Waals surface area contributed by atoms with Crippen LogP contribution in [0.4, 0.5) is 5.69 Å². The summed E-state index contributed by atoms with van der Waals surface area (Å²) in [6.45, 7) is 2.61. The van der Waals surface area contributed by atoms with Gasteiger partial charge in [0.1, 0.15) is 5.75 Å². The van der Waals surface area contributed by atoms with Gasteiger partial charge in [0.15, 0.2) is 0 Å². The molecule has 0 spiro atoms. The van der Waals surface area contributed by atoms with Crippen molar-refractivity contribution in [3.8, 4) is 0 Å². The van der Waals surface area contributed by atoms with Gasteiger partial charge >= 0.3 is 0 Å². The van der Waals surface area contributed by atoms with Gasteiger partial charge in [-0.3, -0.25) is 9.00 Å². The summed E-state index contributed by atoms with van der Waals surface area (Å²) in [6.07, 6.45) is 0.883. The Balaban J connectivity index is 2.42. The van der Waals surface area contributed by atoms with E-state index in [0.717, 1.165) is 12.0 Å². The average molecular weight is 254 g/mol. The van der Waals surface area contributed by atoms with Crippen LogP contribution < -0.4 is 11.1 Å². The zero-order valence-electron chi connectivity index (χ0n) is 9.94. The van der Waals surface area contributed by atoms with E-state index in [-0.39, 0.29) is 11.7 Å². The fourth-order valence-corrected chi connectivity index (χ4v) is 2.43. The Bertz CT molecular complexity index is 407. The van der Waals surface area contributed by atoms with Crippen molar-refractivity contribution in [3.05, 3.63) is 29.8 Å². The third kappa shape index (κ3) is 5.49. The highest BCUT2D eigenvalue weighted by molar-refractivity contribution is 7.84. The first-order valence-electron chi connectivity index (χ1n) is 5.58. The number of anilines is 1. The number of nitrogens with one attached hydrogen (secondary N) is 1. The van der Waals surface area contributed by atoms with Gasteiger partial charge in [-0.2, -0.15) is 0 Å². The molecule has 1 rings (SSSR count). The summed E-state index contributed by atoms with van der Waals surface area (Å²) in [6, 6.07) is 7.24. The molecule has 1 amide bonds. The highest BCUT2D eigenvalue weighted by Crippen LogP contribution is 2.08. The van der Waals surface area contributed by atoms with Crippen molar-refractivity contribution >= 4 is 22.4 Å². The van der Waals surface area contributed by atoms with E-state index in [0.29, 0.717) is 18.0 Å². The molecule has 4 nitrogen and oxygen atoms in total. The number of rotatable bonds is 6. The van der Waals surface area contributed by atoms with Gasteiger partial charge in [-0.15, -0.1) is 0 Å². The maximum atomic E-state index is 11.7. The molecule has 17 heavy (non-hydrogen) atoms. The number of carbonyl (C=O) groups is 1. The Kier molecular flexibility index (Phi) is 5.69. The van der Waals surface area contributed by atoms with Crippen molar-refractivity contribution in [1.29, 1.82) is 0 Å². The fraction of sp³-hybridized carbons (Fsp3) is 0.417. The van der Waals surface area contributed by atoms with E-state index < -0.39 is 10.8 Å². The molecule has 0 aliphatic rings. The molecule has 1 aromatic carbocycles. The summed E-state index contributed by atoms with van der Waals surface area (Å²) < 4.78 is 11.7. The number of hydrogen-bond donors (Lipinski definition) is 2. The molecule has 0 saturated carbocycles. The zero-order valence-corrected chi connectivity index (χ0v) is 10.8. The van der Waals surface area contributed by atoms with E-state index in [9.17, 15) is 9.00 Å². The van der Waals surface area contributed by atoms with Gasteiger partial charge in [0.05, 0.1) is 0 Å². The molecule has 0 saturated heterocycles. The van der Waals surface area contributed by atoms with Crippen molar-refractivity contribution in [3.63, 3.8) is 0 Å². The Morgan fingerprint density at radius 3 is 2.88 bits per heavy atom. The molecule has 94 valence electrons. The summed E-state index contributed by atoms with van der Waals surface area (Å²) in [5.41, 5.74) is 7.17. The van der Waals surface area contributed by atoms with Crippen LogP contribution in [0, 0.1) is 0 Å². The second-order valence-corrected chi connectivity index (χ2v) is 5.28. The lowest BCUT2D eigenvalue weighted by Gasteiger charge is -2.04. The van der Waals surface area contributed by atoms with Gasteiger partial charge in [-0.05, 0) is 24.1 Å². The summed E-state index contributed by atoms with van der Waals surface area (Å²) in [5.74, 6) is 0.258. The highest BCUT2D eigenvalue weighted by Gasteiger charge is 2.08. The second-order valence-electron chi connectivity index (χ2n) is 3.82. The molecule has 3 N–H and O–H groups in total. The van der Waals surface area contributed by atoms with Gasteiger partial charge in [-0.25, -0.2) is 0 Å². The molecular formula is C12H18N2O2S. The largest absolute Gasteiger partial charge is 0.399 e. The molecular weight excluding hydrogens is 236 g/mol. The molecule has 0 fully saturated rings. The van der Waals surface area contributed by atoms with E-state index in [1.165, 1.54) is 0 Å². The van der Waals surface area contributed by atoms with E-state index >= 15 is 0 Å². The number of nitrogens with two attached hydrogens (primary N) is 1. The molecule has 0 heterocycles. The third-order valence-corrected chi connectivity index (χ3v) is 3.38. The van der Waals surface area contributed by atoms with Crippen LogP contribution in [0.15, 0.2) is 24.3 Å². The van der Waals surface area contributed by atoms with Crippen LogP contribution in [0.5, 0.6) is 0 Å². The maximum Gasteiger partial charge on any atom is 0.232 e. The predicted molar refractivity (Wildman–Crippen MR) is 70.9 cm³/mol. The number of nitrogen functional groups attached to an aromatic ring is 1. The Labute approximate surface area is 104 Å². The lowest BCUT2D eigenvalue weighted by molar-refractivity contribution is -0.118. The first kappa shape index (κ1) is 13.7. The summed E-state index contributed by atoms with van der Waals surface area (Å²) in [7, 11) is -1.18. The molecule has 1 unspecified atom stereocenters. The van der Waals surface area contributed by atoms with Crippen LogP contribution in [0.1, 0.15) is 18.9 Å². The smallest absolute Gasteiger partial charge is 0.232 e. The lowest BCUT2D eigenvalue weighted by Crippen LogP contribution is -2.29. The first-order valence-corrected chi connectivity index (χ1v) is 7.06. The van der Waals surface area contributed by atoms with Crippen LogP contribution in [-0.4, -0.2) is 22.4 Å². The highest BCUT2D eigenvalue weighted by atomic mass is 32.2. The van der Waals surface area contributed by atoms with Gasteiger partial charge in [0, 0.05) is 28.8 Å². The summed E-state index contributed by atoms with van der Waals surface area (Å²) >= 11 is 0. The van der Waals surface area contributed by atoms with Crippen molar-refractivity contribution in [2.24, 2.45) is 0 Å². The normalized spacial score (nSPS) is 12.1. The van der Waals surface area contributed by atoms with Gasteiger partial charge in [0.2, 0.25) is 5.91 Å². The molecule has 1 aromatic rings. The molecule has 0 radical (unpaired) electrons. The maximum absolute atomic E-state index is 11.7. The minimum absolute atomic E-state index is 0.0504. The SMILES string of the molecule is CCCNC(=O)CS(=O)Cc1cccc(N)c1. The van der Waals surface area contributed by atoms with E-state index in [4.69, 9.17) is 5.73 Å². The number of benzene rings is 1. The number of hydrogen-bond acceptors (Lipinski definition) is 3. The van der Waals surface area contributed by atoms with Crippen LogP contribution >= 0.6 is 0 Å². The second kappa shape index (κ2) is 7.06. The third-order valence-electron chi connectivity index (χ3n) is 2.14. The van der Waals surface area contributed by atoms with Gasteiger partial charge < -0.3 is 11.1 Å². The summed E-state index contributed by atoms with van der Waals surface area (Å²) in [4.78, 5) is 11.3. The van der Waals surface area contributed by atoms with Crippen molar-refractivity contribution in [1.82, 2.24) is 5.32 Å². The molecule has 1 atom stereocenters. The first-order chi connectivity index (χ1) is 8.11. The average Bonchev–Trinajstić information content (AvgIpc) is 2.26. The lowest BCUT2D eigenvalue weighted by atomic mass is 10.2. The van der Waals surface area contributed by atoms with Crippen molar-refractivity contribution in [2.75, 3.05) is 18.0 Å². The zero-order chi connectivity index (χ0) is 12.7. The van der Waals surface area contributed by atoms with Gasteiger partial charge in [0.25, 0.3) is 0 Å². The molecule has 0 aromatic heterocycles. The number of amides is 1. The molecule has 0 bridgehead atoms. The van der Waals surface area contributed by atoms with Crippen LogP contribution in [-0.2, 0) is 21.3 Å². The Morgan fingerprint density at radius 2 is 2.24 bits per heavy atom. The Hall–Kier alpha value is -1.36. The van der Waals surface area contributed by atoms with Crippen molar-refractivity contribution in [2.45, 2.75) is 19.1 Å². The standard InChI is InChI=1S/C12H18N2O2S/c1-2-6-14-12(15)9-17(16)8-10-4-3-5-11(13)7-10/h3-5,7H,2,6,8-9,13H2,1H3,(H,14,15). The topological polar surface area (TPSA) is 72.2 Å². The minimum atomic E-state index is -1.18. The molecule has 5 heteroatoms. The number of carbonyl (C=O) groups excluding carboxylic acids is 1. The van der Waals surface area contributed by atoms with Crippen LogP contribution in [0.25, 0.3) is 0 Å². The van der Waals surface area contributed by atoms with Crippen LogP contribution in [0.2, 0.25) is 0 Å². The van der Waals surface area contributed by atoms with Gasteiger partial charge in [-0.1, -0.05) is 19.1 Å². The van der Waals surface area contributed by atoms with E-state index in [1.54, 1.807) is 12.1 Å². The van der Waals surface area contributed by atoms with E-state index in [1.807, 2.05) is 19.1 Å². The fourth-order valence-electron chi connectivity index (χ4n) is 1.38. The molecule has 0 aliphatic heterocycles. The monoisotopic (exact) mass is 254 g/mol. The quantitative estimate of drug-likeness (QED) is 0.745. The van der Waals surface area contributed by atoms with Crippen molar-refractivity contribution < 1.29 is 9.00 Å². The van der Waals surface area contributed by atoms with E-state index in [2.05, 4.69) is 5.32 Å². The molecule has 0 aliphatic carbocycles. The summed E-state index contributed by atoms with van der Waals surface area (Å²) in [5, 5.41) is 2.70. The van der Waals surface area contributed by atoms with Crippen LogP contribution in [0.3, 0.4) is 0 Å².